The fraction of sp³-hybridized carbons (Fsp3) is 0.286. The molecule has 1 aromatic carbocycles. The van der Waals surface area contributed by atoms with Crippen LogP contribution >= 0.6 is 22.6 Å². The number of nitrogens with zero attached hydrogens (tertiary/aromatic N) is 2. The lowest BCUT2D eigenvalue weighted by atomic mass is 10.1. The first-order valence-electron chi connectivity index (χ1n) is 5.99. The molecule has 0 bridgehead atoms. The van der Waals surface area contributed by atoms with Crippen molar-refractivity contribution in [2.75, 3.05) is 0 Å². The molecule has 4 heteroatoms. The minimum absolute atomic E-state index is 0.120. The smallest absolute Gasteiger partial charge is 0.170 e. The van der Waals surface area contributed by atoms with Crippen LogP contribution in [0.5, 0.6) is 0 Å². The number of Topliss-reactive ketones (excluding diaryl/α,β-unsaturated/α-hetero) is 1. The Morgan fingerprint density at radius 1 is 1.33 bits per heavy atom. The van der Waals surface area contributed by atoms with Crippen LogP contribution in [0.25, 0.3) is 0 Å². The highest BCUT2D eigenvalue weighted by molar-refractivity contribution is 14.1. The van der Waals surface area contributed by atoms with Gasteiger partial charge in [0.2, 0.25) is 0 Å². The maximum absolute atomic E-state index is 12.1. The lowest BCUT2D eigenvalue weighted by Crippen LogP contribution is -2.10. The maximum atomic E-state index is 12.1. The molecule has 0 amide bonds. The number of carbonyl (C=O) groups is 1. The number of ketones is 1. The minimum Gasteiger partial charge on any atom is -0.335 e. The molecule has 2 rings (SSSR count). The average Bonchev–Trinajstić information content (AvgIpc) is 2.78. The van der Waals surface area contributed by atoms with E-state index in [4.69, 9.17) is 0 Å². The Hall–Kier alpha value is -1.17. The Morgan fingerprint density at radius 2 is 2.06 bits per heavy atom. The molecule has 0 radical (unpaired) electrons. The van der Waals surface area contributed by atoms with Gasteiger partial charge in [-0.15, -0.1) is 0 Å². The summed E-state index contributed by atoms with van der Waals surface area (Å²) in [5.74, 6) is 0.968. The number of imidazole rings is 1. The van der Waals surface area contributed by atoms with E-state index >= 15 is 0 Å². The van der Waals surface area contributed by atoms with Gasteiger partial charge in [-0.2, -0.15) is 0 Å². The second kappa shape index (κ2) is 6.13. The summed E-state index contributed by atoms with van der Waals surface area (Å²) in [6.45, 7) is 3.03. The summed E-state index contributed by atoms with van der Waals surface area (Å²) in [6.07, 6.45) is 5.10. The third-order valence-electron chi connectivity index (χ3n) is 2.75. The van der Waals surface area contributed by atoms with Gasteiger partial charge in [-0.25, -0.2) is 4.98 Å². The van der Waals surface area contributed by atoms with E-state index in [2.05, 4.69) is 34.5 Å². The van der Waals surface area contributed by atoms with E-state index < -0.39 is 0 Å². The summed E-state index contributed by atoms with van der Waals surface area (Å²) >= 11 is 2.23. The van der Waals surface area contributed by atoms with E-state index in [1.807, 2.05) is 35.0 Å². The highest BCUT2D eigenvalue weighted by atomic mass is 127. The Bertz CT molecular complexity index is 531. The van der Waals surface area contributed by atoms with Crippen molar-refractivity contribution in [3.63, 3.8) is 0 Å². The second-order valence-corrected chi connectivity index (χ2v) is 5.39. The zero-order chi connectivity index (χ0) is 13.0. The lowest BCUT2D eigenvalue weighted by Gasteiger charge is -2.05. The number of halogens is 1. The zero-order valence-electron chi connectivity index (χ0n) is 10.3. The normalized spacial score (nSPS) is 10.6. The van der Waals surface area contributed by atoms with Crippen LogP contribution in [-0.2, 0) is 13.0 Å². The van der Waals surface area contributed by atoms with Crippen molar-refractivity contribution in [2.24, 2.45) is 0 Å². The van der Waals surface area contributed by atoms with E-state index in [0.717, 1.165) is 27.9 Å². The van der Waals surface area contributed by atoms with Crippen LogP contribution in [-0.4, -0.2) is 15.3 Å². The molecule has 1 heterocycles. The topological polar surface area (TPSA) is 34.9 Å². The lowest BCUT2D eigenvalue weighted by molar-refractivity contribution is 0.0989. The molecule has 0 N–H and O–H groups in total. The molecular weight excluding hydrogens is 339 g/mol. The maximum Gasteiger partial charge on any atom is 0.170 e. The van der Waals surface area contributed by atoms with Crippen molar-refractivity contribution in [2.45, 2.75) is 26.3 Å². The van der Waals surface area contributed by atoms with Crippen molar-refractivity contribution in [1.82, 2.24) is 9.55 Å². The number of hydrogen-bond acceptors (Lipinski definition) is 2. The number of aryl methyl sites for hydroxylation is 1. The van der Waals surface area contributed by atoms with Crippen LogP contribution in [0.2, 0.25) is 0 Å². The van der Waals surface area contributed by atoms with Crippen LogP contribution < -0.4 is 0 Å². The molecule has 18 heavy (non-hydrogen) atoms. The largest absolute Gasteiger partial charge is 0.335 e. The van der Waals surface area contributed by atoms with Gasteiger partial charge in [0, 0.05) is 28.1 Å². The monoisotopic (exact) mass is 354 g/mol. The van der Waals surface area contributed by atoms with Crippen molar-refractivity contribution < 1.29 is 4.79 Å². The van der Waals surface area contributed by atoms with E-state index in [9.17, 15) is 4.79 Å². The third-order valence-corrected chi connectivity index (χ3v) is 3.47. The van der Waals surface area contributed by atoms with E-state index in [-0.39, 0.29) is 5.78 Å². The first-order valence-corrected chi connectivity index (χ1v) is 7.07. The van der Waals surface area contributed by atoms with Gasteiger partial charge < -0.3 is 4.57 Å². The second-order valence-electron chi connectivity index (χ2n) is 4.14. The van der Waals surface area contributed by atoms with Gasteiger partial charge in [0.05, 0.1) is 6.42 Å². The quantitative estimate of drug-likeness (QED) is 0.610. The molecule has 1 aromatic heterocycles. The van der Waals surface area contributed by atoms with Crippen LogP contribution in [0.3, 0.4) is 0 Å². The molecule has 94 valence electrons. The molecule has 0 fully saturated rings. The fourth-order valence-corrected chi connectivity index (χ4v) is 2.19. The van der Waals surface area contributed by atoms with Gasteiger partial charge in [-0.3, -0.25) is 4.79 Å². The standard InChI is InChI=1S/C14H15IN2O/c1-2-8-17-9-7-16-14(17)10-13(18)11-3-5-12(15)6-4-11/h3-7,9H,2,8,10H2,1H3. The SMILES string of the molecule is CCCn1ccnc1CC(=O)c1ccc(I)cc1. The molecule has 0 saturated carbocycles. The first kappa shape index (κ1) is 13.3. The van der Waals surface area contributed by atoms with Crippen molar-refractivity contribution in [3.8, 4) is 0 Å². The molecule has 0 aliphatic carbocycles. The Morgan fingerprint density at radius 3 is 2.72 bits per heavy atom. The molecule has 0 unspecified atom stereocenters. The summed E-state index contributed by atoms with van der Waals surface area (Å²) in [5, 5.41) is 0. The predicted octanol–water partition coefficient (Wildman–Crippen LogP) is 3.32. The predicted molar refractivity (Wildman–Crippen MR) is 79.7 cm³/mol. The summed E-state index contributed by atoms with van der Waals surface area (Å²) in [7, 11) is 0. The Labute approximate surface area is 120 Å². The average molecular weight is 354 g/mol. The summed E-state index contributed by atoms with van der Waals surface area (Å²) < 4.78 is 3.18. The van der Waals surface area contributed by atoms with Gasteiger partial charge in [0.15, 0.2) is 5.78 Å². The van der Waals surface area contributed by atoms with Gasteiger partial charge in [-0.05, 0) is 41.1 Å². The number of rotatable bonds is 5. The van der Waals surface area contributed by atoms with Crippen LogP contribution in [0.1, 0.15) is 29.5 Å². The molecular formula is C14H15IN2O. The fourth-order valence-electron chi connectivity index (χ4n) is 1.83. The molecule has 0 saturated heterocycles. The minimum atomic E-state index is 0.120. The summed E-state index contributed by atoms with van der Waals surface area (Å²) in [6, 6.07) is 7.65. The molecule has 3 nitrogen and oxygen atoms in total. The van der Waals surface area contributed by atoms with E-state index in [1.54, 1.807) is 6.20 Å². The van der Waals surface area contributed by atoms with Crippen LogP contribution in [0.15, 0.2) is 36.7 Å². The Kier molecular flexibility index (Phi) is 4.52. The van der Waals surface area contributed by atoms with E-state index in [0.29, 0.717) is 6.42 Å². The van der Waals surface area contributed by atoms with Gasteiger partial charge in [0.1, 0.15) is 5.82 Å². The van der Waals surface area contributed by atoms with Crippen molar-refractivity contribution in [1.29, 1.82) is 0 Å². The van der Waals surface area contributed by atoms with Gasteiger partial charge >= 0.3 is 0 Å². The third kappa shape index (κ3) is 3.19. The highest BCUT2D eigenvalue weighted by Gasteiger charge is 2.10. The molecule has 2 aromatic rings. The number of hydrogen-bond donors (Lipinski definition) is 0. The number of benzene rings is 1. The van der Waals surface area contributed by atoms with Crippen molar-refractivity contribution in [3.05, 3.63) is 51.6 Å². The molecule has 0 spiro atoms. The molecule has 0 aliphatic heterocycles. The highest BCUT2D eigenvalue weighted by Crippen LogP contribution is 2.10. The van der Waals surface area contributed by atoms with Crippen molar-refractivity contribution >= 4 is 28.4 Å². The van der Waals surface area contributed by atoms with E-state index in [1.165, 1.54) is 0 Å². The number of aromatic nitrogens is 2. The van der Waals surface area contributed by atoms with Gasteiger partial charge in [0.25, 0.3) is 0 Å². The van der Waals surface area contributed by atoms with Gasteiger partial charge in [-0.1, -0.05) is 19.1 Å². The Balaban J connectivity index is 2.11. The zero-order valence-corrected chi connectivity index (χ0v) is 12.4. The number of carbonyl (C=O) groups excluding carboxylic acids is 1. The molecule has 0 atom stereocenters. The van der Waals surface area contributed by atoms with Crippen LogP contribution in [0, 0.1) is 3.57 Å². The summed E-state index contributed by atoms with van der Waals surface area (Å²) in [4.78, 5) is 16.4. The molecule has 0 aliphatic rings. The first-order chi connectivity index (χ1) is 8.70. The summed E-state index contributed by atoms with van der Waals surface area (Å²) in [5.41, 5.74) is 0.751. The van der Waals surface area contributed by atoms with Crippen LogP contribution in [0.4, 0.5) is 0 Å².